The van der Waals surface area contributed by atoms with Crippen LogP contribution in [0.4, 0.5) is 8.78 Å². The normalized spacial score (nSPS) is 11.2. The van der Waals surface area contributed by atoms with Crippen LogP contribution in [0.3, 0.4) is 0 Å². The Balaban J connectivity index is 2.00. The van der Waals surface area contributed by atoms with E-state index in [-0.39, 0.29) is 5.56 Å². The minimum Gasteiger partial charge on any atom is -0.267 e. The lowest BCUT2D eigenvalue weighted by molar-refractivity contribution is 0.506. The third kappa shape index (κ3) is 2.44. The lowest BCUT2D eigenvalue weighted by Crippen LogP contribution is -2.14. The third-order valence-corrected chi connectivity index (χ3v) is 4.40. The summed E-state index contributed by atoms with van der Waals surface area (Å²) in [5.41, 5.74) is 0.351. The van der Waals surface area contributed by atoms with E-state index < -0.39 is 11.6 Å². The quantitative estimate of drug-likeness (QED) is 0.730. The molecule has 0 spiro atoms. The number of benzene rings is 1. The molecule has 8 heteroatoms. The summed E-state index contributed by atoms with van der Waals surface area (Å²) in [7, 11) is 0. The molecule has 0 saturated carbocycles. The smallest absolute Gasteiger partial charge is 0.267 e. The molecule has 2 aromatic heterocycles. The van der Waals surface area contributed by atoms with Gasteiger partial charge in [0, 0.05) is 16.7 Å². The Morgan fingerprint density at radius 3 is 2.80 bits per heavy atom. The van der Waals surface area contributed by atoms with Crippen molar-refractivity contribution in [3.63, 3.8) is 0 Å². The zero-order valence-corrected chi connectivity index (χ0v) is 11.8. The highest BCUT2D eigenvalue weighted by atomic mass is 32.2. The van der Waals surface area contributed by atoms with Crippen molar-refractivity contribution >= 4 is 28.1 Å². The summed E-state index contributed by atoms with van der Waals surface area (Å²) < 4.78 is 27.7. The van der Waals surface area contributed by atoms with Crippen molar-refractivity contribution in [2.45, 2.75) is 16.2 Å². The van der Waals surface area contributed by atoms with Gasteiger partial charge in [-0.3, -0.25) is 4.79 Å². The standard InChI is InChI=1S/C12H7F2N3OS2/c1-6-4-10(18)17-11(15-6)20-12(16-17)19-7-2-3-8(13)9(14)5-7/h2-5H,1H3. The number of hydrogen-bond acceptors (Lipinski definition) is 5. The number of fused-ring (bicyclic) bond motifs is 1. The van der Waals surface area contributed by atoms with Gasteiger partial charge in [-0.05, 0) is 25.1 Å². The van der Waals surface area contributed by atoms with Crippen molar-refractivity contribution in [1.82, 2.24) is 14.6 Å². The molecule has 0 atom stereocenters. The molecule has 0 fully saturated rings. The predicted octanol–water partition coefficient (Wildman–Crippen LogP) is 2.89. The van der Waals surface area contributed by atoms with E-state index in [2.05, 4.69) is 10.1 Å². The van der Waals surface area contributed by atoms with E-state index in [0.717, 1.165) is 23.9 Å². The number of halogens is 2. The summed E-state index contributed by atoms with van der Waals surface area (Å²) in [6.07, 6.45) is 0. The van der Waals surface area contributed by atoms with Crippen LogP contribution < -0.4 is 5.56 Å². The Bertz CT molecular complexity index is 860. The van der Waals surface area contributed by atoms with Crippen molar-refractivity contribution < 1.29 is 8.78 Å². The Kier molecular flexibility index (Phi) is 3.27. The minimum atomic E-state index is -0.915. The van der Waals surface area contributed by atoms with Crippen LogP contribution in [0.5, 0.6) is 0 Å². The van der Waals surface area contributed by atoms with Crippen LogP contribution in [0.1, 0.15) is 5.69 Å². The van der Waals surface area contributed by atoms with E-state index in [4.69, 9.17) is 0 Å². The lowest BCUT2D eigenvalue weighted by atomic mass is 10.3. The fourth-order valence-electron chi connectivity index (χ4n) is 1.59. The van der Waals surface area contributed by atoms with E-state index >= 15 is 0 Å². The largest absolute Gasteiger partial charge is 0.275 e. The van der Waals surface area contributed by atoms with Crippen LogP contribution in [0.25, 0.3) is 4.96 Å². The van der Waals surface area contributed by atoms with Gasteiger partial charge in [0.2, 0.25) is 4.96 Å². The fraction of sp³-hybridized carbons (Fsp3) is 0.0833. The van der Waals surface area contributed by atoms with Crippen molar-refractivity contribution in [1.29, 1.82) is 0 Å². The van der Waals surface area contributed by atoms with Gasteiger partial charge in [-0.2, -0.15) is 4.52 Å². The Hall–Kier alpha value is -1.80. The molecule has 0 amide bonds. The monoisotopic (exact) mass is 311 g/mol. The minimum absolute atomic E-state index is 0.263. The van der Waals surface area contributed by atoms with Gasteiger partial charge in [-0.15, -0.1) is 5.10 Å². The topological polar surface area (TPSA) is 47.3 Å². The number of rotatable bonds is 2. The maximum absolute atomic E-state index is 13.1. The second-order valence-electron chi connectivity index (χ2n) is 3.98. The van der Waals surface area contributed by atoms with Crippen LogP contribution in [-0.4, -0.2) is 14.6 Å². The first-order valence-corrected chi connectivity index (χ1v) is 7.16. The molecule has 0 aliphatic rings. The maximum atomic E-state index is 13.1. The van der Waals surface area contributed by atoms with E-state index in [0.29, 0.717) is 19.9 Å². The second kappa shape index (κ2) is 4.95. The first-order valence-electron chi connectivity index (χ1n) is 5.53. The summed E-state index contributed by atoms with van der Waals surface area (Å²) in [6, 6.07) is 4.99. The van der Waals surface area contributed by atoms with Crippen LogP contribution in [-0.2, 0) is 0 Å². The molecule has 0 unspecified atom stereocenters. The first kappa shape index (κ1) is 13.2. The molecule has 0 N–H and O–H groups in total. The third-order valence-electron chi connectivity index (χ3n) is 2.45. The highest BCUT2D eigenvalue weighted by molar-refractivity contribution is 8.01. The highest BCUT2D eigenvalue weighted by Crippen LogP contribution is 2.31. The number of nitrogens with zero attached hydrogens (tertiary/aromatic N) is 3. The number of hydrogen-bond donors (Lipinski definition) is 0. The molecule has 0 bridgehead atoms. The van der Waals surface area contributed by atoms with Gasteiger partial charge in [0.25, 0.3) is 5.56 Å². The van der Waals surface area contributed by atoms with Gasteiger partial charge < -0.3 is 0 Å². The molecule has 102 valence electrons. The van der Waals surface area contributed by atoms with Gasteiger partial charge in [-0.1, -0.05) is 23.1 Å². The molecule has 0 aliphatic heterocycles. The Labute approximate surface area is 120 Å². The highest BCUT2D eigenvalue weighted by Gasteiger charge is 2.10. The zero-order chi connectivity index (χ0) is 14.3. The lowest BCUT2D eigenvalue weighted by Gasteiger charge is -1.97. The molecule has 0 radical (unpaired) electrons. The van der Waals surface area contributed by atoms with Crippen LogP contribution in [0.2, 0.25) is 0 Å². The van der Waals surface area contributed by atoms with Gasteiger partial charge in [-0.25, -0.2) is 13.8 Å². The first-order chi connectivity index (χ1) is 9.52. The fourth-order valence-corrected chi connectivity index (χ4v) is 3.57. The Morgan fingerprint density at radius 2 is 2.05 bits per heavy atom. The van der Waals surface area contributed by atoms with Crippen molar-refractivity contribution in [3.8, 4) is 0 Å². The summed E-state index contributed by atoms with van der Waals surface area (Å²) in [5.74, 6) is -1.81. The van der Waals surface area contributed by atoms with E-state index in [1.807, 2.05) is 0 Å². The molecule has 1 aromatic carbocycles. The molecular formula is C12H7F2N3OS2. The predicted molar refractivity (Wildman–Crippen MR) is 72.4 cm³/mol. The van der Waals surface area contributed by atoms with E-state index in [9.17, 15) is 13.6 Å². The van der Waals surface area contributed by atoms with Crippen molar-refractivity contribution in [2.75, 3.05) is 0 Å². The zero-order valence-electron chi connectivity index (χ0n) is 10.1. The van der Waals surface area contributed by atoms with E-state index in [1.54, 1.807) is 6.92 Å². The molecule has 3 rings (SSSR count). The molecular weight excluding hydrogens is 304 g/mol. The molecule has 2 heterocycles. The van der Waals surface area contributed by atoms with Crippen LogP contribution >= 0.6 is 23.1 Å². The SMILES string of the molecule is Cc1cc(=O)n2nc(Sc3ccc(F)c(F)c3)sc2n1. The maximum Gasteiger partial charge on any atom is 0.275 e. The average molecular weight is 311 g/mol. The average Bonchev–Trinajstić information content (AvgIpc) is 2.76. The Morgan fingerprint density at radius 1 is 1.25 bits per heavy atom. The summed E-state index contributed by atoms with van der Waals surface area (Å²) in [5, 5.41) is 4.11. The molecule has 3 aromatic rings. The molecule has 0 aliphatic carbocycles. The van der Waals surface area contributed by atoms with Crippen molar-refractivity contribution in [2.24, 2.45) is 0 Å². The molecule has 0 saturated heterocycles. The van der Waals surface area contributed by atoms with Gasteiger partial charge in [0.1, 0.15) is 0 Å². The van der Waals surface area contributed by atoms with Gasteiger partial charge in [0.05, 0.1) is 0 Å². The van der Waals surface area contributed by atoms with E-state index in [1.165, 1.54) is 28.0 Å². The van der Waals surface area contributed by atoms with Gasteiger partial charge in [0.15, 0.2) is 16.0 Å². The molecule has 20 heavy (non-hydrogen) atoms. The van der Waals surface area contributed by atoms with Gasteiger partial charge >= 0.3 is 0 Å². The molecule has 4 nitrogen and oxygen atoms in total. The number of aryl methyl sites for hydroxylation is 1. The number of aromatic nitrogens is 3. The second-order valence-corrected chi connectivity index (χ2v) is 6.25. The van der Waals surface area contributed by atoms with Crippen molar-refractivity contribution in [3.05, 3.63) is 51.9 Å². The summed E-state index contributed by atoms with van der Waals surface area (Å²) >= 11 is 2.37. The summed E-state index contributed by atoms with van der Waals surface area (Å²) in [4.78, 5) is 16.9. The van der Waals surface area contributed by atoms with Crippen LogP contribution in [0.15, 0.2) is 38.3 Å². The summed E-state index contributed by atoms with van der Waals surface area (Å²) in [6.45, 7) is 1.73. The van der Waals surface area contributed by atoms with Crippen LogP contribution in [0, 0.1) is 18.6 Å².